The third kappa shape index (κ3) is 4.16. The van der Waals surface area contributed by atoms with Gasteiger partial charge in [0.2, 0.25) is 0 Å². The summed E-state index contributed by atoms with van der Waals surface area (Å²) in [7, 11) is -3.31. The Hall–Kier alpha value is -2.57. The predicted octanol–water partition coefficient (Wildman–Crippen LogP) is 1.99. The highest BCUT2D eigenvalue weighted by Gasteiger charge is 2.50. The molecule has 1 aromatic rings. The molecule has 2 saturated carbocycles. The van der Waals surface area contributed by atoms with Crippen LogP contribution >= 0.6 is 0 Å². The summed E-state index contributed by atoms with van der Waals surface area (Å²) in [6, 6.07) is 8.15. The molecular weight excluding hydrogens is 402 g/mol. The number of hydrazine groups is 2. The van der Waals surface area contributed by atoms with Gasteiger partial charge in [-0.1, -0.05) is 19.3 Å². The lowest BCUT2D eigenvalue weighted by atomic mass is 9.82. The molecule has 3 N–H and O–H groups in total. The number of hydrogen-bond donors (Lipinski definition) is 3. The lowest BCUT2D eigenvalue weighted by molar-refractivity contribution is 0.0921. The van der Waals surface area contributed by atoms with Gasteiger partial charge in [-0.25, -0.2) is 8.42 Å². The quantitative estimate of drug-likeness (QED) is 0.633. The number of nitrogens with zero attached hydrogens (tertiary/aromatic N) is 2. The van der Waals surface area contributed by atoms with Crippen LogP contribution in [0.15, 0.2) is 41.1 Å². The van der Waals surface area contributed by atoms with Gasteiger partial charge in [0.25, 0.3) is 5.91 Å². The number of carbonyl (C=O) groups is 1. The molecule has 1 heterocycles. The van der Waals surface area contributed by atoms with Gasteiger partial charge in [0.1, 0.15) is 5.54 Å². The molecule has 0 aromatic heterocycles. The van der Waals surface area contributed by atoms with E-state index in [4.69, 9.17) is 0 Å². The first-order valence-electron chi connectivity index (χ1n) is 10.4. The number of sulfone groups is 1. The molecule has 0 saturated heterocycles. The minimum atomic E-state index is -3.31. The summed E-state index contributed by atoms with van der Waals surface area (Å²) in [5.74, 6) is 0.0592. The first-order valence-corrected chi connectivity index (χ1v) is 12.3. The van der Waals surface area contributed by atoms with E-state index in [1.165, 1.54) is 18.6 Å². The number of hydrogen-bond acceptors (Lipinski definition) is 7. The number of nitriles is 1. The first kappa shape index (κ1) is 20.7. The van der Waals surface area contributed by atoms with E-state index >= 15 is 0 Å². The number of carbonyl (C=O) groups excluding carboxylic acids is 1. The highest BCUT2D eigenvalue weighted by Crippen LogP contribution is 2.41. The van der Waals surface area contributed by atoms with Crippen molar-refractivity contribution in [3.05, 3.63) is 41.7 Å². The van der Waals surface area contributed by atoms with Crippen LogP contribution in [-0.4, -0.2) is 37.2 Å². The molecule has 0 unspecified atom stereocenters. The fourth-order valence-corrected chi connectivity index (χ4v) is 4.87. The third-order valence-corrected chi connectivity index (χ3v) is 7.40. The van der Waals surface area contributed by atoms with Crippen LogP contribution in [0.1, 0.15) is 55.3 Å². The SMILES string of the molecule is CS(=O)(=O)c1ccc(C(=O)N[C@H](C2=CN(C3(C#N)CC3)NN2)C2CCCCC2)cc1. The first-order chi connectivity index (χ1) is 14.3. The van der Waals surface area contributed by atoms with Crippen molar-refractivity contribution in [2.75, 3.05) is 6.26 Å². The van der Waals surface area contributed by atoms with E-state index in [9.17, 15) is 18.5 Å². The van der Waals surface area contributed by atoms with Crippen LogP contribution in [0.2, 0.25) is 0 Å². The second-order valence-corrected chi connectivity index (χ2v) is 10.5. The second-order valence-electron chi connectivity index (χ2n) is 8.48. The molecule has 1 aliphatic heterocycles. The Morgan fingerprint density at radius 1 is 1.23 bits per heavy atom. The van der Waals surface area contributed by atoms with Crippen LogP contribution in [0, 0.1) is 17.2 Å². The molecule has 4 rings (SSSR count). The smallest absolute Gasteiger partial charge is 0.251 e. The molecule has 3 aliphatic rings. The summed E-state index contributed by atoms with van der Waals surface area (Å²) in [5, 5.41) is 14.4. The summed E-state index contributed by atoms with van der Waals surface area (Å²) in [4.78, 5) is 13.1. The van der Waals surface area contributed by atoms with Gasteiger partial charge >= 0.3 is 0 Å². The molecule has 8 nitrogen and oxygen atoms in total. The summed E-state index contributed by atoms with van der Waals surface area (Å²) in [6.45, 7) is 0. The van der Waals surface area contributed by atoms with Crippen molar-refractivity contribution in [2.45, 2.75) is 61.4 Å². The van der Waals surface area contributed by atoms with Crippen molar-refractivity contribution in [3.8, 4) is 6.07 Å². The molecule has 30 heavy (non-hydrogen) atoms. The monoisotopic (exact) mass is 429 g/mol. The normalized spacial score (nSPS) is 21.9. The highest BCUT2D eigenvalue weighted by atomic mass is 32.2. The summed E-state index contributed by atoms with van der Waals surface area (Å²) in [6.07, 6.45) is 10.2. The van der Waals surface area contributed by atoms with E-state index < -0.39 is 15.4 Å². The number of rotatable bonds is 6. The molecule has 1 atom stereocenters. The van der Waals surface area contributed by atoms with Crippen LogP contribution < -0.4 is 16.3 Å². The van der Waals surface area contributed by atoms with Crippen LogP contribution in [-0.2, 0) is 9.84 Å². The molecule has 0 radical (unpaired) electrons. The van der Waals surface area contributed by atoms with Gasteiger partial charge in [-0.3, -0.25) is 9.80 Å². The van der Waals surface area contributed by atoms with Gasteiger partial charge in [0, 0.05) is 18.0 Å². The van der Waals surface area contributed by atoms with Gasteiger partial charge in [0.05, 0.1) is 22.7 Å². The number of nitrogens with one attached hydrogen (secondary N) is 3. The maximum Gasteiger partial charge on any atom is 0.251 e. The van der Waals surface area contributed by atoms with Gasteiger partial charge in [-0.05, 0) is 55.9 Å². The van der Waals surface area contributed by atoms with Crippen molar-refractivity contribution < 1.29 is 13.2 Å². The summed E-state index contributed by atoms with van der Waals surface area (Å²) < 4.78 is 23.3. The van der Waals surface area contributed by atoms with E-state index in [1.807, 2.05) is 11.2 Å². The average molecular weight is 430 g/mol. The molecule has 0 bridgehead atoms. The van der Waals surface area contributed by atoms with Crippen molar-refractivity contribution in [1.82, 2.24) is 21.3 Å². The van der Waals surface area contributed by atoms with Gasteiger partial charge in [-0.15, -0.1) is 5.53 Å². The predicted molar refractivity (Wildman–Crippen MR) is 111 cm³/mol. The molecular formula is C21H27N5O3S. The minimum absolute atomic E-state index is 0.189. The van der Waals surface area contributed by atoms with Crippen LogP contribution in [0.25, 0.3) is 0 Å². The standard InChI is InChI=1S/C21H27N5O3S/c1-30(28,29)17-9-7-16(8-10-17)20(27)23-19(15-5-3-2-4-6-15)18-13-26(25-24-18)21(14-22)11-12-21/h7-10,13,15,19,24-25H,2-6,11-12H2,1H3,(H,23,27)/t19-/m0/s1. The molecule has 2 fully saturated rings. The highest BCUT2D eigenvalue weighted by molar-refractivity contribution is 7.90. The van der Waals surface area contributed by atoms with Gasteiger partial charge in [-0.2, -0.15) is 5.26 Å². The Balaban J connectivity index is 1.54. The lowest BCUT2D eigenvalue weighted by Gasteiger charge is -2.31. The fourth-order valence-electron chi connectivity index (χ4n) is 4.24. The Labute approximate surface area is 177 Å². The van der Waals surface area contributed by atoms with Crippen LogP contribution in [0.5, 0.6) is 0 Å². The van der Waals surface area contributed by atoms with Gasteiger partial charge < -0.3 is 10.7 Å². The molecule has 2 aliphatic carbocycles. The second kappa shape index (κ2) is 7.93. The third-order valence-electron chi connectivity index (χ3n) is 6.27. The van der Waals surface area contributed by atoms with Crippen LogP contribution in [0.3, 0.4) is 0 Å². The van der Waals surface area contributed by atoms with Crippen molar-refractivity contribution in [3.63, 3.8) is 0 Å². The van der Waals surface area contributed by atoms with E-state index in [1.54, 1.807) is 12.1 Å². The maximum atomic E-state index is 13.0. The fraction of sp³-hybridized carbons (Fsp3) is 0.524. The minimum Gasteiger partial charge on any atom is -0.343 e. The molecule has 0 spiro atoms. The Morgan fingerprint density at radius 3 is 2.47 bits per heavy atom. The summed E-state index contributed by atoms with van der Waals surface area (Å²) >= 11 is 0. The molecule has 160 valence electrons. The lowest BCUT2D eigenvalue weighted by Crippen LogP contribution is -2.48. The largest absolute Gasteiger partial charge is 0.343 e. The Bertz CT molecular complexity index is 986. The zero-order chi connectivity index (χ0) is 21.4. The van der Waals surface area contributed by atoms with Crippen LogP contribution in [0.4, 0.5) is 0 Å². The van der Waals surface area contributed by atoms with Crippen molar-refractivity contribution >= 4 is 15.7 Å². The van der Waals surface area contributed by atoms with E-state index in [-0.39, 0.29) is 16.8 Å². The van der Waals surface area contributed by atoms with Crippen molar-refractivity contribution in [1.29, 1.82) is 5.26 Å². The zero-order valence-electron chi connectivity index (χ0n) is 17.0. The Kier molecular flexibility index (Phi) is 5.47. The molecule has 1 amide bonds. The zero-order valence-corrected chi connectivity index (χ0v) is 17.8. The molecule has 1 aromatic carbocycles. The van der Waals surface area contributed by atoms with Crippen molar-refractivity contribution in [2.24, 2.45) is 5.92 Å². The van der Waals surface area contributed by atoms with E-state index in [0.717, 1.165) is 50.5 Å². The number of amides is 1. The topological polar surface area (TPSA) is 114 Å². The van der Waals surface area contributed by atoms with E-state index in [2.05, 4.69) is 22.3 Å². The molecule has 9 heteroatoms. The maximum absolute atomic E-state index is 13.0. The summed E-state index contributed by atoms with van der Waals surface area (Å²) in [5.41, 5.74) is 7.00. The van der Waals surface area contributed by atoms with Gasteiger partial charge in [0.15, 0.2) is 9.84 Å². The average Bonchev–Trinajstić information content (AvgIpc) is 3.40. The Morgan fingerprint density at radius 2 is 1.90 bits per heavy atom. The number of benzene rings is 1. The van der Waals surface area contributed by atoms with E-state index in [0.29, 0.717) is 11.5 Å².